The molecule has 0 radical (unpaired) electrons. The zero-order valence-electron chi connectivity index (χ0n) is 13.9. The van der Waals surface area contributed by atoms with Gasteiger partial charge >= 0.3 is 0 Å². The maximum Gasteiger partial charge on any atom is 0.251 e. The molecule has 1 N–H and O–H groups in total. The van der Waals surface area contributed by atoms with Gasteiger partial charge in [-0.1, -0.05) is 0 Å². The number of sulfonamides is 1. The zero-order valence-corrected chi connectivity index (χ0v) is 15.5. The molecule has 1 amide bonds. The van der Waals surface area contributed by atoms with Gasteiger partial charge in [-0.05, 0) is 18.2 Å². The first-order chi connectivity index (χ1) is 12.5. The Morgan fingerprint density at radius 1 is 1.35 bits per heavy atom. The number of amides is 1. The van der Waals surface area contributed by atoms with Gasteiger partial charge in [0, 0.05) is 43.2 Å². The van der Waals surface area contributed by atoms with Gasteiger partial charge in [-0.2, -0.15) is 4.31 Å². The molecule has 7 nitrogen and oxygen atoms in total. The van der Waals surface area contributed by atoms with E-state index >= 15 is 0 Å². The molecule has 0 spiro atoms. The van der Waals surface area contributed by atoms with Crippen LogP contribution in [-0.4, -0.2) is 56.5 Å². The molecule has 1 saturated heterocycles. The first-order valence-corrected chi connectivity index (χ1v) is 10.3. The highest BCUT2D eigenvalue weighted by atomic mass is 32.2. The van der Waals surface area contributed by atoms with E-state index in [1.807, 2.05) is 5.38 Å². The van der Waals surface area contributed by atoms with Gasteiger partial charge < -0.3 is 10.1 Å². The van der Waals surface area contributed by atoms with Gasteiger partial charge in [-0.3, -0.25) is 4.79 Å². The summed E-state index contributed by atoms with van der Waals surface area (Å²) in [5, 5.41) is 5.43. The van der Waals surface area contributed by atoms with E-state index in [2.05, 4.69) is 10.3 Å². The molecule has 0 saturated carbocycles. The van der Waals surface area contributed by atoms with Crippen LogP contribution < -0.4 is 5.32 Å². The van der Waals surface area contributed by atoms with Crippen LogP contribution in [0.2, 0.25) is 0 Å². The monoisotopic (exact) mass is 399 g/mol. The summed E-state index contributed by atoms with van der Waals surface area (Å²) in [6.07, 6.45) is 2.26. The summed E-state index contributed by atoms with van der Waals surface area (Å²) >= 11 is 1.49. The first kappa shape index (κ1) is 18.9. The molecule has 0 atom stereocenters. The molecule has 1 fully saturated rings. The standard InChI is InChI=1S/C16H18FN3O4S2/c17-13-2-1-12(16(21)19-4-3-15-18-5-10-25-15)11-14(13)26(22,23)20-6-8-24-9-7-20/h1-2,5,10-11H,3-4,6-9H2,(H,19,21). The topological polar surface area (TPSA) is 88.6 Å². The highest BCUT2D eigenvalue weighted by molar-refractivity contribution is 7.89. The van der Waals surface area contributed by atoms with Crippen LogP contribution >= 0.6 is 11.3 Å². The Bertz CT molecular complexity index is 866. The fourth-order valence-electron chi connectivity index (χ4n) is 2.53. The summed E-state index contributed by atoms with van der Waals surface area (Å²) in [4.78, 5) is 15.9. The number of carbonyl (C=O) groups is 1. The van der Waals surface area contributed by atoms with Crippen LogP contribution in [0.5, 0.6) is 0 Å². The maximum atomic E-state index is 14.1. The van der Waals surface area contributed by atoms with Crippen molar-refractivity contribution in [2.45, 2.75) is 11.3 Å². The van der Waals surface area contributed by atoms with Crippen LogP contribution in [0.25, 0.3) is 0 Å². The van der Waals surface area contributed by atoms with Crippen molar-refractivity contribution in [1.29, 1.82) is 0 Å². The van der Waals surface area contributed by atoms with Gasteiger partial charge in [0.15, 0.2) is 0 Å². The second-order valence-corrected chi connectivity index (χ2v) is 8.48. The molecule has 140 valence electrons. The highest BCUT2D eigenvalue weighted by Gasteiger charge is 2.29. The third-order valence-electron chi connectivity index (χ3n) is 3.89. The summed E-state index contributed by atoms with van der Waals surface area (Å²) in [6.45, 7) is 1.20. The molecule has 26 heavy (non-hydrogen) atoms. The van der Waals surface area contributed by atoms with Crippen molar-refractivity contribution in [3.63, 3.8) is 0 Å². The SMILES string of the molecule is O=C(NCCc1nccs1)c1ccc(F)c(S(=O)(=O)N2CCOCC2)c1. The summed E-state index contributed by atoms with van der Waals surface area (Å²) < 4.78 is 45.7. The molecule has 10 heteroatoms. The number of carbonyl (C=O) groups excluding carboxylic acids is 1. The Labute approximate surface area is 154 Å². The molecule has 3 rings (SSSR count). The van der Waals surface area contributed by atoms with Gasteiger partial charge in [0.05, 0.1) is 18.2 Å². The number of rotatable bonds is 6. The second kappa shape index (κ2) is 8.21. The smallest absolute Gasteiger partial charge is 0.251 e. The van der Waals surface area contributed by atoms with E-state index in [0.29, 0.717) is 13.0 Å². The van der Waals surface area contributed by atoms with Crippen LogP contribution in [0.15, 0.2) is 34.7 Å². The lowest BCUT2D eigenvalue weighted by Gasteiger charge is -2.26. The minimum absolute atomic E-state index is 0.0948. The summed E-state index contributed by atoms with van der Waals surface area (Å²) in [6, 6.07) is 3.36. The van der Waals surface area contributed by atoms with Gasteiger partial charge in [-0.25, -0.2) is 17.8 Å². The van der Waals surface area contributed by atoms with Crippen LogP contribution in [0.1, 0.15) is 15.4 Å². The number of hydrogen-bond acceptors (Lipinski definition) is 6. The molecular weight excluding hydrogens is 381 g/mol. The van der Waals surface area contributed by atoms with Crippen LogP contribution in [0, 0.1) is 5.82 Å². The molecule has 0 aliphatic carbocycles. The maximum absolute atomic E-state index is 14.1. The molecule has 0 unspecified atom stereocenters. The van der Waals surface area contributed by atoms with Crippen molar-refractivity contribution in [2.24, 2.45) is 0 Å². The first-order valence-electron chi connectivity index (χ1n) is 8.02. The zero-order chi connectivity index (χ0) is 18.6. The van der Waals surface area contributed by atoms with E-state index in [9.17, 15) is 17.6 Å². The number of aromatic nitrogens is 1. The van der Waals surface area contributed by atoms with E-state index in [-0.39, 0.29) is 31.9 Å². The molecule has 0 bridgehead atoms. The Balaban J connectivity index is 1.73. The van der Waals surface area contributed by atoms with Crippen LogP contribution in [0.4, 0.5) is 4.39 Å². The Hall–Kier alpha value is -1.88. The lowest BCUT2D eigenvalue weighted by Crippen LogP contribution is -2.41. The Morgan fingerprint density at radius 3 is 2.81 bits per heavy atom. The minimum atomic E-state index is -4.01. The number of nitrogens with one attached hydrogen (secondary N) is 1. The molecule has 2 aromatic rings. The number of halogens is 1. The minimum Gasteiger partial charge on any atom is -0.379 e. The van der Waals surface area contributed by atoms with Gasteiger partial charge in [-0.15, -0.1) is 11.3 Å². The summed E-state index contributed by atoms with van der Waals surface area (Å²) in [7, 11) is -4.01. The van der Waals surface area contributed by atoms with E-state index < -0.39 is 26.6 Å². The van der Waals surface area contributed by atoms with Gasteiger partial charge in [0.25, 0.3) is 5.91 Å². The fraction of sp³-hybridized carbons (Fsp3) is 0.375. The van der Waals surface area contributed by atoms with Crippen molar-refractivity contribution < 1.29 is 22.3 Å². The van der Waals surface area contributed by atoms with Crippen molar-refractivity contribution in [3.05, 3.63) is 46.2 Å². The number of morpholine rings is 1. The summed E-state index contributed by atoms with van der Waals surface area (Å²) in [5.41, 5.74) is 0.0948. The van der Waals surface area contributed by atoms with E-state index in [4.69, 9.17) is 4.74 Å². The number of hydrogen-bond donors (Lipinski definition) is 1. The number of thiazole rings is 1. The number of benzene rings is 1. The van der Waals surface area contributed by atoms with E-state index in [0.717, 1.165) is 17.1 Å². The van der Waals surface area contributed by atoms with Crippen LogP contribution in [-0.2, 0) is 21.2 Å². The lowest BCUT2D eigenvalue weighted by molar-refractivity contribution is 0.0729. The molecule has 1 aromatic carbocycles. The molecular formula is C16H18FN3O4S2. The highest BCUT2D eigenvalue weighted by Crippen LogP contribution is 2.21. The van der Waals surface area contributed by atoms with E-state index in [1.165, 1.54) is 21.7 Å². The van der Waals surface area contributed by atoms with Crippen molar-refractivity contribution >= 4 is 27.3 Å². The van der Waals surface area contributed by atoms with Crippen molar-refractivity contribution in [2.75, 3.05) is 32.8 Å². The third kappa shape index (κ3) is 4.26. The largest absolute Gasteiger partial charge is 0.379 e. The lowest BCUT2D eigenvalue weighted by atomic mass is 10.2. The van der Waals surface area contributed by atoms with Crippen molar-refractivity contribution in [1.82, 2.24) is 14.6 Å². The molecule has 1 aliphatic heterocycles. The quantitative estimate of drug-likeness (QED) is 0.790. The average Bonchev–Trinajstić information content (AvgIpc) is 3.16. The molecule has 1 aromatic heterocycles. The van der Waals surface area contributed by atoms with Gasteiger partial charge in [0.2, 0.25) is 10.0 Å². The predicted octanol–water partition coefficient (Wildman–Crippen LogP) is 1.28. The van der Waals surface area contributed by atoms with E-state index in [1.54, 1.807) is 6.20 Å². The van der Waals surface area contributed by atoms with Gasteiger partial charge in [0.1, 0.15) is 10.7 Å². The number of nitrogens with zero attached hydrogens (tertiary/aromatic N) is 2. The fourth-order valence-corrected chi connectivity index (χ4v) is 4.65. The molecule has 1 aliphatic rings. The Kier molecular flexibility index (Phi) is 5.97. The normalized spacial score (nSPS) is 15.7. The predicted molar refractivity (Wildman–Crippen MR) is 94.1 cm³/mol. The third-order valence-corrected chi connectivity index (χ3v) is 6.64. The average molecular weight is 399 g/mol. The molecule has 2 heterocycles. The second-order valence-electron chi connectivity index (χ2n) is 5.59. The number of ether oxygens (including phenoxy) is 1. The summed E-state index contributed by atoms with van der Waals surface area (Å²) in [5.74, 6) is -1.34. The van der Waals surface area contributed by atoms with Crippen molar-refractivity contribution in [3.8, 4) is 0 Å². The Morgan fingerprint density at radius 2 is 2.12 bits per heavy atom. The van der Waals surface area contributed by atoms with Crippen LogP contribution in [0.3, 0.4) is 0 Å².